The van der Waals surface area contributed by atoms with Crippen LogP contribution in [0, 0.1) is 0 Å². The second kappa shape index (κ2) is 9.94. The molecule has 0 saturated carbocycles. The molecule has 0 amide bonds. The van der Waals surface area contributed by atoms with Crippen molar-refractivity contribution in [3.05, 3.63) is 53.6 Å². The van der Waals surface area contributed by atoms with Crippen LogP contribution in [-0.2, 0) is 6.42 Å². The van der Waals surface area contributed by atoms with Gasteiger partial charge in [-0.05, 0) is 61.7 Å². The fourth-order valence-electron chi connectivity index (χ4n) is 2.82. The Kier molecular flexibility index (Phi) is 7.61. The van der Waals surface area contributed by atoms with Crippen molar-refractivity contribution < 1.29 is 14.2 Å². The van der Waals surface area contributed by atoms with Gasteiger partial charge in [0.25, 0.3) is 0 Å². The van der Waals surface area contributed by atoms with Gasteiger partial charge in [-0.3, -0.25) is 0 Å². The van der Waals surface area contributed by atoms with Gasteiger partial charge in [0.1, 0.15) is 5.75 Å². The number of hydrogen-bond acceptors (Lipinski definition) is 4. The highest BCUT2D eigenvalue weighted by atomic mass is 16.5. The number of nitrogens with two attached hydrogens (primary N) is 1. The van der Waals surface area contributed by atoms with Gasteiger partial charge in [-0.1, -0.05) is 25.1 Å². The third kappa shape index (κ3) is 5.40. The van der Waals surface area contributed by atoms with Crippen LogP contribution in [0.25, 0.3) is 0 Å². The Hall–Kier alpha value is -2.20. The summed E-state index contributed by atoms with van der Waals surface area (Å²) in [6.45, 7) is 5.99. The van der Waals surface area contributed by atoms with Crippen molar-refractivity contribution in [3.63, 3.8) is 0 Å². The molecule has 1 unspecified atom stereocenters. The Labute approximate surface area is 150 Å². The molecule has 0 aliphatic rings. The lowest BCUT2D eigenvalue weighted by Gasteiger charge is -2.18. The first-order valence-corrected chi connectivity index (χ1v) is 8.94. The number of benzene rings is 2. The maximum absolute atomic E-state index is 6.06. The average molecular weight is 343 g/mol. The predicted octanol–water partition coefficient (Wildman–Crippen LogP) is 4.17. The first kappa shape index (κ1) is 19.1. The highest BCUT2D eigenvalue weighted by molar-refractivity contribution is 5.43. The van der Waals surface area contributed by atoms with E-state index in [0.717, 1.165) is 36.7 Å². The molecule has 25 heavy (non-hydrogen) atoms. The quantitative estimate of drug-likeness (QED) is 0.703. The van der Waals surface area contributed by atoms with E-state index in [1.165, 1.54) is 11.1 Å². The molecule has 0 spiro atoms. The van der Waals surface area contributed by atoms with Crippen molar-refractivity contribution in [2.45, 2.75) is 32.6 Å². The largest absolute Gasteiger partial charge is 0.494 e. The molecule has 2 aromatic carbocycles. The summed E-state index contributed by atoms with van der Waals surface area (Å²) < 4.78 is 16.8. The highest BCUT2D eigenvalue weighted by Gasteiger charge is 2.14. The Morgan fingerprint density at radius 3 is 2.52 bits per heavy atom. The van der Waals surface area contributed by atoms with Crippen LogP contribution < -0.4 is 19.9 Å². The molecule has 2 rings (SSSR count). The van der Waals surface area contributed by atoms with Gasteiger partial charge < -0.3 is 19.9 Å². The monoisotopic (exact) mass is 343 g/mol. The molecule has 0 heterocycles. The summed E-state index contributed by atoms with van der Waals surface area (Å²) in [5, 5.41) is 0. The van der Waals surface area contributed by atoms with Gasteiger partial charge >= 0.3 is 0 Å². The zero-order chi connectivity index (χ0) is 18.1. The van der Waals surface area contributed by atoms with Crippen LogP contribution in [0.15, 0.2) is 42.5 Å². The van der Waals surface area contributed by atoms with Gasteiger partial charge in [0, 0.05) is 5.92 Å². The number of hydrogen-bond donors (Lipinski definition) is 1. The number of rotatable bonds is 10. The molecular weight excluding hydrogens is 314 g/mol. The van der Waals surface area contributed by atoms with Crippen molar-refractivity contribution >= 4 is 0 Å². The summed E-state index contributed by atoms with van der Waals surface area (Å²) in [7, 11) is 1.65. The van der Waals surface area contributed by atoms with Gasteiger partial charge in [0.05, 0.1) is 20.3 Å². The normalized spacial score (nSPS) is 11.8. The van der Waals surface area contributed by atoms with E-state index in [-0.39, 0.29) is 5.92 Å². The van der Waals surface area contributed by atoms with Gasteiger partial charge in [0.15, 0.2) is 11.5 Å². The molecule has 1 atom stereocenters. The molecule has 136 valence electrons. The number of methoxy groups -OCH3 is 1. The molecule has 2 N–H and O–H groups in total. The summed E-state index contributed by atoms with van der Waals surface area (Å²) in [5.41, 5.74) is 8.44. The van der Waals surface area contributed by atoms with E-state index in [2.05, 4.69) is 25.1 Å². The summed E-state index contributed by atoms with van der Waals surface area (Å²) >= 11 is 0. The number of ether oxygens (including phenoxy) is 3. The minimum atomic E-state index is 0.230. The lowest BCUT2D eigenvalue weighted by molar-refractivity contribution is 0.310. The van der Waals surface area contributed by atoms with Crippen LogP contribution in [0.2, 0.25) is 0 Å². The molecule has 0 aromatic heterocycles. The zero-order valence-corrected chi connectivity index (χ0v) is 15.5. The van der Waals surface area contributed by atoms with Crippen LogP contribution in [0.3, 0.4) is 0 Å². The molecule has 0 bridgehead atoms. The second-order valence-corrected chi connectivity index (χ2v) is 5.98. The van der Waals surface area contributed by atoms with Crippen LogP contribution in [-0.4, -0.2) is 26.9 Å². The minimum Gasteiger partial charge on any atom is -0.494 e. The Morgan fingerprint density at radius 2 is 1.84 bits per heavy atom. The van der Waals surface area contributed by atoms with Gasteiger partial charge in [-0.15, -0.1) is 0 Å². The van der Waals surface area contributed by atoms with Crippen LogP contribution in [0.5, 0.6) is 17.2 Å². The van der Waals surface area contributed by atoms with E-state index in [0.29, 0.717) is 13.2 Å². The van der Waals surface area contributed by atoms with Gasteiger partial charge in [-0.25, -0.2) is 0 Å². The fourth-order valence-corrected chi connectivity index (χ4v) is 2.82. The zero-order valence-electron chi connectivity index (χ0n) is 15.5. The molecule has 0 radical (unpaired) electrons. The van der Waals surface area contributed by atoms with Crippen LogP contribution >= 0.6 is 0 Å². The molecule has 4 nitrogen and oxygen atoms in total. The van der Waals surface area contributed by atoms with Crippen molar-refractivity contribution in [2.75, 3.05) is 26.9 Å². The first-order chi connectivity index (χ1) is 12.2. The lowest BCUT2D eigenvalue weighted by Crippen LogP contribution is -2.15. The molecule has 0 fully saturated rings. The summed E-state index contributed by atoms with van der Waals surface area (Å²) in [5.74, 6) is 2.67. The second-order valence-electron chi connectivity index (χ2n) is 5.98. The van der Waals surface area contributed by atoms with E-state index < -0.39 is 0 Å². The van der Waals surface area contributed by atoms with E-state index in [9.17, 15) is 0 Å². The Morgan fingerprint density at radius 1 is 1.00 bits per heavy atom. The Balaban J connectivity index is 2.17. The van der Waals surface area contributed by atoms with Gasteiger partial charge in [0.2, 0.25) is 0 Å². The molecule has 0 aliphatic carbocycles. The maximum Gasteiger partial charge on any atom is 0.161 e. The highest BCUT2D eigenvalue weighted by Crippen LogP contribution is 2.31. The predicted molar refractivity (Wildman–Crippen MR) is 102 cm³/mol. The first-order valence-electron chi connectivity index (χ1n) is 8.94. The third-order valence-corrected chi connectivity index (χ3v) is 4.10. The lowest BCUT2D eigenvalue weighted by atomic mass is 9.92. The maximum atomic E-state index is 6.06. The summed E-state index contributed by atoms with van der Waals surface area (Å²) in [6.07, 6.45) is 1.84. The van der Waals surface area contributed by atoms with E-state index in [4.69, 9.17) is 19.9 Å². The van der Waals surface area contributed by atoms with Crippen molar-refractivity contribution in [2.24, 2.45) is 5.73 Å². The smallest absolute Gasteiger partial charge is 0.161 e. The molecule has 0 aliphatic heterocycles. The van der Waals surface area contributed by atoms with E-state index >= 15 is 0 Å². The minimum absolute atomic E-state index is 0.230. The topological polar surface area (TPSA) is 53.7 Å². The van der Waals surface area contributed by atoms with Crippen LogP contribution in [0.4, 0.5) is 0 Å². The summed E-state index contributed by atoms with van der Waals surface area (Å²) in [4.78, 5) is 0. The molecule has 2 aromatic rings. The van der Waals surface area contributed by atoms with Crippen molar-refractivity contribution in [3.8, 4) is 17.2 Å². The fraction of sp³-hybridized carbons (Fsp3) is 0.429. The van der Waals surface area contributed by atoms with E-state index in [1.807, 2.05) is 31.2 Å². The molecule has 0 saturated heterocycles. The van der Waals surface area contributed by atoms with Gasteiger partial charge in [-0.2, -0.15) is 0 Å². The van der Waals surface area contributed by atoms with Crippen LogP contribution in [0.1, 0.15) is 37.3 Å². The summed E-state index contributed by atoms with van der Waals surface area (Å²) in [6, 6.07) is 14.3. The van der Waals surface area contributed by atoms with E-state index in [1.54, 1.807) is 7.11 Å². The Bertz CT molecular complexity index is 657. The third-order valence-electron chi connectivity index (χ3n) is 4.10. The van der Waals surface area contributed by atoms with Crippen molar-refractivity contribution in [1.82, 2.24) is 0 Å². The standard InChI is InChI=1S/C21H29NO3/c1-4-11-25-19-8-6-7-17(14-19)18(15-22)12-16-9-10-20(23-3)21(13-16)24-5-2/h6-10,13-14,18H,4-5,11-12,15,22H2,1-3H3. The molecular formula is C21H29NO3. The van der Waals surface area contributed by atoms with Crippen molar-refractivity contribution in [1.29, 1.82) is 0 Å². The average Bonchev–Trinajstić information content (AvgIpc) is 2.65. The molecule has 4 heteroatoms. The SMILES string of the molecule is CCCOc1cccc(C(CN)Cc2ccc(OC)c(OCC)c2)c1.